The Morgan fingerprint density at radius 2 is 2.20 bits per heavy atom. The molecule has 0 aromatic carbocycles. The maximum Gasteiger partial charge on any atom is 0.297 e. The molecule has 82 valence electrons. The summed E-state index contributed by atoms with van der Waals surface area (Å²) in [5.41, 5.74) is 1.92. The van der Waals surface area contributed by atoms with Gasteiger partial charge in [-0.2, -0.15) is 0 Å². The molecule has 15 heavy (non-hydrogen) atoms. The molecular formula is C14H22N+. The third kappa shape index (κ3) is 2.09. The fourth-order valence-electron chi connectivity index (χ4n) is 3.55. The minimum absolute atomic E-state index is 0.105. The number of rotatable bonds is 0. The van der Waals surface area contributed by atoms with Gasteiger partial charge in [0.15, 0.2) is 0 Å². The molecule has 0 aromatic rings. The molecule has 0 aliphatic heterocycles. The summed E-state index contributed by atoms with van der Waals surface area (Å²) >= 11 is 0. The Balaban J connectivity index is 2.36. The lowest BCUT2D eigenvalue weighted by Gasteiger charge is -2.34. The lowest BCUT2D eigenvalue weighted by molar-refractivity contribution is 0.226. The Labute approximate surface area is 93.4 Å². The van der Waals surface area contributed by atoms with Gasteiger partial charge in [-0.1, -0.05) is 24.3 Å². The number of allylic oxidation sites excluding steroid dienone is 1. The van der Waals surface area contributed by atoms with E-state index in [9.17, 15) is 0 Å². The number of hydrogen-bond donors (Lipinski definition) is 0. The van der Waals surface area contributed by atoms with Crippen molar-refractivity contribution in [3.05, 3.63) is 16.5 Å². The van der Waals surface area contributed by atoms with E-state index in [1.54, 1.807) is 5.57 Å². The van der Waals surface area contributed by atoms with Crippen molar-refractivity contribution in [1.82, 2.24) is 0 Å². The predicted molar refractivity (Wildman–Crippen MR) is 65.1 cm³/mol. The van der Waals surface area contributed by atoms with E-state index < -0.39 is 0 Å². The highest BCUT2D eigenvalue weighted by atomic mass is 14.8. The van der Waals surface area contributed by atoms with E-state index in [0.29, 0.717) is 5.41 Å². The SMILES string of the molecule is C#[N+]C1(C)C=C2CC(C)CCC(C)(C2)C1. The third-order valence-corrected chi connectivity index (χ3v) is 4.10. The van der Waals surface area contributed by atoms with Crippen molar-refractivity contribution < 1.29 is 0 Å². The van der Waals surface area contributed by atoms with Gasteiger partial charge in [0.05, 0.1) is 0 Å². The molecule has 3 atom stereocenters. The van der Waals surface area contributed by atoms with Gasteiger partial charge in [-0.15, -0.1) is 0 Å². The molecule has 0 heterocycles. The maximum atomic E-state index is 5.57. The van der Waals surface area contributed by atoms with E-state index in [2.05, 4.69) is 31.7 Å². The monoisotopic (exact) mass is 204 g/mol. The van der Waals surface area contributed by atoms with Crippen LogP contribution in [0.3, 0.4) is 0 Å². The summed E-state index contributed by atoms with van der Waals surface area (Å²) in [5.74, 6) is 0.832. The first-order valence-corrected chi connectivity index (χ1v) is 6.07. The zero-order valence-corrected chi connectivity index (χ0v) is 10.2. The first kappa shape index (κ1) is 10.7. The second-order valence-electron chi connectivity index (χ2n) is 6.30. The second kappa shape index (κ2) is 3.37. The quantitative estimate of drug-likeness (QED) is 0.519. The zero-order chi connectivity index (χ0) is 11.1. The lowest BCUT2D eigenvalue weighted by Crippen LogP contribution is -2.33. The Morgan fingerprint density at radius 3 is 2.87 bits per heavy atom. The maximum absolute atomic E-state index is 5.57. The van der Waals surface area contributed by atoms with Gasteiger partial charge < -0.3 is 0 Å². The molecule has 1 fully saturated rings. The van der Waals surface area contributed by atoms with E-state index in [-0.39, 0.29) is 5.54 Å². The third-order valence-electron chi connectivity index (χ3n) is 4.10. The fourth-order valence-corrected chi connectivity index (χ4v) is 3.55. The van der Waals surface area contributed by atoms with Crippen molar-refractivity contribution in [3.8, 4) is 6.57 Å². The highest BCUT2D eigenvalue weighted by molar-refractivity contribution is 5.26. The molecule has 2 aliphatic carbocycles. The minimum atomic E-state index is -0.105. The van der Waals surface area contributed by atoms with Crippen LogP contribution in [0.5, 0.6) is 0 Å². The van der Waals surface area contributed by atoms with Crippen LogP contribution in [0.4, 0.5) is 0 Å². The summed E-state index contributed by atoms with van der Waals surface area (Å²) in [6, 6.07) is 0. The summed E-state index contributed by atoms with van der Waals surface area (Å²) in [7, 11) is 0. The van der Waals surface area contributed by atoms with Crippen LogP contribution in [0, 0.1) is 17.9 Å². The minimum Gasteiger partial charge on any atom is -0.0761 e. The molecule has 2 rings (SSSR count). The second-order valence-corrected chi connectivity index (χ2v) is 6.30. The van der Waals surface area contributed by atoms with Crippen molar-refractivity contribution in [1.29, 1.82) is 0 Å². The van der Waals surface area contributed by atoms with Crippen molar-refractivity contribution >= 4 is 0 Å². The summed E-state index contributed by atoms with van der Waals surface area (Å²) in [6.07, 6.45) is 8.65. The van der Waals surface area contributed by atoms with Gasteiger partial charge in [0.25, 0.3) is 12.1 Å². The molecule has 0 aromatic heterocycles. The Kier molecular flexibility index (Phi) is 2.41. The van der Waals surface area contributed by atoms with Crippen LogP contribution >= 0.6 is 0 Å². The number of fused-ring (bicyclic) bond motifs is 2. The molecule has 0 amide bonds. The molecule has 0 radical (unpaired) electrons. The highest BCUT2D eigenvalue weighted by Gasteiger charge is 2.46. The molecule has 2 bridgehead atoms. The largest absolute Gasteiger partial charge is 0.297 e. The molecule has 2 aliphatic rings. The van der Waals surface area contributed by atoms with Crippen molar-refractivity contribution in [3.63, 3.8) is 0 Å². The molecule has 1 heteroatoms. The lowest BCUT2D eigenvalue weighted by atomic mass is 9.68. The first-order valence-electron chi connectivity index (χ1n) is 6.07. The summed E-state index contributed by atoms with van der Waals surface area (Å²) < 4.78 is 0. The average molecular weight is 204 g/mol. The smallest absolute Gasteiger partial charge is 0.0761 e. The molecular weight excluding hydrogens is 182 g/mol. The summed E-state index contributed by atoms with van der Waals surface area (Å²) in [5, 5.41) is 0. The van der Waals surface area contributed by atoms with Gasteiger partial charge in [0, 0.05) is 19.4 Å². The zero-order valence-electron chi connectivity index (χ0n) is 10.2. The van der Waals surface area contributed by atoms with E-state index in [1.165, 1.54) is 25.7 Å². The van der Waals surface area contributed by atoms with Gasteiger partial charge in [-0.05, 0) is 37.0 Å². The number of nitrogens with zero attached hydrogens (tertiary/aromatic N) is 1. The van der Waals surface area contributed by atoms with Gasteiger partial charge >= 0.3 is 0 Å². The standard InChI is InChI=1S/C14H22N/c1-11-5-6-13(2)8-12(7-11)9-14(3,10-13)15-4/h4,9,11H,5-8,10H2,1-3H3/q+1. The Morgan fingerprint density at radius 1 is 1.47 bits per heavy atom. The van der Waals surface area contributed by atoms with Crippen LogP contribution in [0.15, 0.2) is 11.6 Å². The van der Waals surface area contributed by atoms with Crippen LogP contribution in [0.1, 0.15) is 52.9 Å². The Hall–Kier alpha value is -0.770. The summed E-state index contributed by atoms with van der Waals surface area (Å²) in [4.78, 5) is 4.10. The van der Waals surface area contributed by atoms with Crippen LogP contribution < -0.4 is 0 Å². The van der Waals surface area contributed by atoms with Crippen LogP contribution in [-0.2, 0) is 0 Å². The topological polar surface area (TPSA) is 4.36 Å². The fraction of sp³-hybridized carbons (Fsp3) is 0.786. The van der Waals surface area contributed by atoms with E-state index in [1.807, 2.05) is 0 Å². The van der Waals surface area contributed by atoms with E-state index in [0.717, 1.165) is 12.3 Å². The van der Waals surface area contributed by atoms with Gasteiger partial charge in [-0.3, -0.25) is 0 Å². The van der Waals surface area contributed by atoms with Crippen molar-refractivity contribution in [2.24, 2.45) is 11.3 Å². The average Bonchev–Trinajstić information content (AvgIpc) is 2.23. The van der Waals surface area contributed by atoms with E-state index in [4.69, 9.17) is 6.57 Å². The molecule has 0 spiro atoms. The predicted octanol–water partition coefficient (Wildman–Crippen LogP) is 4.25. The normalized spacial score (nSPS) is 45.2. The van der Waals surface area contributed by atoms with Gasteiger partial charge in [0.1, 0.15) is 0 Å². The van der Waals surface area contributed by atoms with Crippen molar-refractivity contribution in [2.75, 3.05) is 0 Å². The molecule has 0 N–H and O–H groups in total. The van der Waals surface area contributed by atoms with E-state index >= 15 is 0 Å². The number of hydrogen-bond acceptors (Lipinski definition) is 0. The molecule has 1 nitrogen and oxygen atoms in total. The van der Waals surface area contributed by atoms with Crippen LogP contribution in [-0.4, -0.2) is 5.54 Å². The van der Waals surface area contributed by atoms with Crippen LogP contribution in [0.25, 0.3) is 4.85 Å². The van der Waals surface area contributed by atoms with Gasteiger partial charge in [0.2, 0.25) is 0 Å². The summed E-state index contributed by atoms with van der Waals surface area (Å²) in [6.45, 7) is 12.5. The molecule has 1 saturated carbocycles. The Bertz CT molecular complexity index is 336. The first-order chi connectivity index (χ1) is 6.95. The van der Waals surface area contributed by atoms with Gasteiger partial charge in [-0.25, -0.2) is 0 Å². The molecule has 3 unspecified atom stereocenters. The molecule has 0 saturated heterocycles. The van der Waals surface area contributed by atoms with Crippen molar-refractivity contribution in [2.45, 2.75) is 58.4 Å². The highest BCUT2D eigenvalue weighted by Crippen LogP contribution is 2.49. The van der Waals surface area contributed by atoms with Crippen LogP contribution in [0.2, 0.25) is 0 Å².